The lowest BCUT2D eigenvalue weighted by Gasteiger charge is -2.28. The number of carbonyl (C=O) groups is 2. The van der Waals surface area contributed by atoms with E-state index in [0.29, 0.717) is 10.4 Å². The van der Waals surface area contributed by atoms with Crippen molar-refractivity contribution in [3.8, 4) is 0 Å². The molecule has 1 saturated heterocycles. The van der Waals surface area contributed by atoms with Crippen molar-refractivity contribution >= 4 is 33.9 Å². The first kappa shape index (κ1) is 15.6. The smallest absolute Gasteiger partial charge is 0.350 e. The second kappa shape index (κ2) is 6.77. The molecule has 1 fully saturated rings. The van der Waals surface area contributed by atoms with Crippen LogP contribution < -0.4 is 21.3 Å². The van der Waals surface area contributed by atoms with Gasteiger partial charge in [0.1, 0.15) is 9.88 Å². The van der Waals surface area contributed by atoms with Crippen LogP contribution in [0.3, 0.4) is 0 Å². The number of piperazine rings is 1. The summed E-state index contributed by atoms with van der Waals surface area (Å²) in [7, 11) is 1.55. The van der Waals surface area contributed by atoms with Crippen molar-refractivity contribution in [3.05, 3.63) is 10.4 Å². The molecule has 1 aromatic heterocycles. The van der Waals surface area contributed by atoms with E-state index < -0.39 is 5.97 Å². The molecule has 0 atom stereocenters. The third-order valence-electron chi connectivity index (χ3n) is 3.25. The van der Waals surface area contributed by atoms with Crippen molar-refractivity contribution in [2.24, 2.45) is 0 Å². The van der Waals surface area contributed by atoms with Crippen molar-refractivity contribution in [2.75, 3.05) is 50.5 Å². The van der Waals surface area contributed by atoms with E-state index in [1.807, 2.05) is 0 Å². The molecule has 1 amide bonds. The summed E-state index contributed by atoms with van der Waals surface area (Å²) in [5, 5.41) is 6.56. The fourth-order valence-electron chi connectivity index (χ4n) is 2.21. The normalized spacial score (nSPS) is 14.9. The number of ether oxygens (including phenoxy) is 1. The van der Waals surface area contributed by atoms with Gasteiger partial charge in [-0.1, -0.05) is 0 Å². The average molecular weight is 312 g/mol. The number of esters is 1. The number of anilines is 2. The quantitative estimate of drug-likeness (QED) is 0.691. The molecule has 1 aliphatic heterocycles. The topological polar surface area (TPSA) is 96.7 Å². The number of nitrogen functional groups attached to an aromatic ring is 1. The lowest BCUT2D eigenvalue weighted by molar-refractivity contribution is 0.0533. The fourth-order valence-corrected chi connectivity index (χ4v) is 3.38. The molecule has 116 valence electrons. The van der Waals surface area contributed by atoms with Crippen molar-refractivity contribution in [1.29, 1.82) is 0 Å². The first-order chi connectivity index (χ1) is 10.1. The molecule has 0 radical (unpaired) electrons. The highest BCUT2D eigenvalue weighted by Crippen LogP contribution is 2.38. The zero-order valence-electron chi connectivity index (χ0n) is 12.2. The van der Waals surface area contributed by atoms with Crippen LogP contribution in [0.5, 0.6) is 0 Å². The van der Waals surface area contributed by atoms with Gasteiger partial charge in [0.15, 0.2) is 0 Å². The van der Waals surface area contributed by atoms with Gasteiger partial charge in [-0.05, 0) is 6.92 Å². The Bertz CT molecular complexity index is 538. The molecule has 7 nitrogen and oxygen atoms in total. The summed E-state index contributed by atoms with van der Waals surface area (Å²) in [5.74, 6) is -0.764. The lowest BCUT2D eigenvalue weighted by atomic mass is 10.2. The van der Waals surface area contributed by atoms with Crippen LogP contribution >= 0.6 is 11.3 Å². The molecule has 0 spiro atoms. The summed E-state index contributed by atoms with van der Waals surface area (Å²) >= 11 is 1.22. The van der Waals surface area contributed by atoms with Gasteiger partial charge in [-0.3, -0.25) is 4.79 Å². The molecule has 0 unspecified atom stereocenters. The maximum absolute atomic E-state index is 12.1. The lowest BCUT2D eigenvalue weighted by Crippen LogP contribution is -2.43. The third kappa shape index (κ3) is 3.11. The number of amides is 1. The van der Waals surface area contributed by atoms with Crippen LogP contribution in [-0.4, -0.2) is 51.7 Å². The Hall–Kier alpha value is -1.80. The summed E-state index contributed by atoms with van der Waals surface area (Å²) in [4.78, 5) is 26.5. The van der Waals surface area contributed by atoms with Gasteiger partial charge in [-0.25, -0.2) is 4.79 Å². The van der Waals surface area contributed by atoms with Crippen LogP contribution in [0.25, 0.3) is 0 Å². The monoisotopic (exact) mass is 312 g/mol. The predicted octanol–water partition coefficient (Wildman–Crippen LogP) is 0.276. The van der Waals surface area contributed by atoms with Gasteiger partial charge in [-0.15, -0.1) is 11.3 Å². The largest absolute Gasteiger partial charge is 0.462 e. The minimum absolute atomic E-state index is 0.200. The summed E-state index contributed by atoms with van der Waals surface area (Å²) in [6.07, 6.45) is 0. The number of thiophene rings is 1. The van der Waals surface area contributed by atoms with E-state index in [9.17, 15) is 9.59 Å². The van der Waals surface area contributed by atoms with Crippen LogP contribution in [0, 0.1) is 0 Å². The molecule has 4 N–H and O–H groups in total. The van der Waals surface area contributed by atoms with Crippen molar-refractivity contribution in [2.45, 2.75) is 6.92 Å². The second-order valence-corrected chi connectivity index (χ2v) is 5.56. The van der Waals surface area contributed by atoms with Gasteiger partial charge < -0.3 is 26.0 Å². The number of nitrogens with two attached hydrogens (primary N) is 1. The zero-order valence-corrected chi connectivity index (χ0v) is 13.0. The summed E-state index contributed by atoms with van der Waals surface area (Å²) in [6.45, 7) is 5.21. The molecule has 0 saturated carbocycles. The number of carbonyl (C=O) groups excluding carboxylic acids is 2. The highest BCUT2D eigenvalue weighted by Gasteiger charge is 2.29. The van der Waals surface area contributed by atoms with Crippen molar-refractivity contribution in [1.82, 2.24) is 10.6 Å². The van der Waals surface area contributed by atoms with E-state index in [0.717, 1.165) is 31.2 Å². The van der Waals surface area contributed by atoms with E-state index in [1.54, 1.807) is 14.0 Å². The Morgan fingerprint density at radius 2 is 2.10 bits per heavy atom. The molecule has 1 aliphatic rings. The molecule has 0 aliphatic carbocycles. The minimum atomic E-state index is -0.480. The number of nitrogens with one attached hydrogen (secondary N) is 2. The van der Waals surface area contributed by atoms with E-state index in [1.165, 1.54) is 11.3 Å². The van der Waals surface area contributed by atoms with Crippen LogP contribution in [-0.2, 0) is 4.74 Å². The van der Waals surface area contributed by atoms with Gasteiger partial charge in [0, 0.05) is 33.2 Å². The molecular weight excluding hydrogens is 292 g/mol. The Kier molecular flexibility index (Phi) is 5.03. The van der Waals surface area contributed by atoms with Gasteiger partial charge >= 0.3 is 5.97 Å². The Morgan fingerprint density at radius 3 is 2.67 bits per heavy atom. The van der Waals surface area contributed by atoms with Crippen LogP contribution in [0.15, 0.2) is 0 Å². The Labute approximate surface area is 127 Å². The van der Waals surface area contributed by atoms with E-state index in [2.05, 4.69) is 15.5 Å². The number of nitrogens with zero attached hydrogens (tertiary/aromatic N) is 1. The van der Waals surface area contributed by atoms with Crippen molar-refractivity contribution in [3.63, 3.8) is 0 Å². The van der Waals surface area contributed by atoms with Gasteiger partial charge in [-0.2, -0.15) is 0 Å². The Morgan fingerprint density at radius 1 is 1.43 bits per heavy atom. The van der Waals surface area contributed by atoms with E-state index in [4.69, 9.17) is 10.5 Å². The van der Waals surface area contributed by atoms with Crippen LogP contribution in [0.1, 0.15) is 27.0 Å². The molecule has 2 rings (SSSR count). The highest BCUT2D eigenvalue weighted by molar-refractivity contribution is 7.19. The molecule has 1 aromatic rings. The third-order valence-corrected chi connectivity index (χ3v) is 4.49. The molecular formula is C13H20N4O3S. The summed E-state index contributed by atoms with van der Waals surface area (Å²) in [5.41, 5.74) is 6.59. The van der Waals surface area contributed by atoms with Crippen LogP contribution in [0.2, 0.25) is 0 Å². The first-order valence-electron chi connectivity index (χ1n) is 6.87. The highest BCUT2D eigenvalue weighted by atomic mass is 32.1. The standard InChI is InChI=1S/C13H20N4O3S/c1-3-20-13(19)10-9(14)8(11(18)15-2)12(21-10)17-6-4-16-5-7-17/h16H,3-7,14H2,1-2H3,(H,15,18). The molecule has 8 heteroatoms. The zero-order chi connectivity index (χ0) is 15.4. The Balaban J connectivity index is 2.43. The fraction of sp³-hybridized carbons (Fsp3) is 0.538. The van der Waals surface area contributed by atoms with Gasteiger partial charge in [0.25, 0.3) is 5.91 Å². The molecule has 0 aromatic carbocycles. The maximum atomic E-state index is 12.1. The average Bonchev–Trinajstić information content (AvgIpc) is 2.85. The number of hydrogen-bond acceptors (Lipinski definition) is 7. The molecule has 21 heavy (non-hydrogen) atoms. The summed E-state index contributed by atoms with van der Waals surface area (Å²) in [6, 6.07) is 0. The SMILES string of the molecule is CCOC(=O)c1sc(N2CCNCC2)c(C(=O)NC)c1N. The minimum Gasteiger partial charge on any atom is -0.462 e. The van der Waals surface area contributed by atoms with Crippen LogP contribution in [0.4, 0.5) is 10.7 Å². The molecule has 0 bridgehead atoms. The van der Waals surface area contributed by atoms with E-state index >= 15 is 0 Å². The van der Waals surface area contributed by atoms with Gasteiger partial charge in [0.05, 0.1) is 17.9 Å². The van der Waals surface area contributed by atoms with Crippen molar-refractivity contribution < 1.29 is 14.3 Å². The summed E-state index contributed by atoms with van der Waals surface area (Å²) < 4.78 is 5.01. The molecule has 2 heterocycles. The predicted molar refractivity (Wildman–Crippen MR) is 83.2 cm³/mol. The number of hydrogen-bond donors (Lipinski definition) is 3. The number of rotatable bonds is 4. The first-order valence-corrected chi connectivity index (χ1v) is 7.68. The van der Waals surface area contributed by atoms with Gasteiger partial charge in [0.2, 0.25) is 0 Å². The second-order valence-electron chi connectivity index (χ2n) is 4.56. The van der Waals surface area contributed by atoms with E-state index in [-0.39, 0.29) is 18.2 Å². The maximum Gasteiger partial charge on any atom is 0.350 e.